The number of thiazole rings is 1. The number of fused-ring (bicyclic) bond motifs is 1. The van der Waals surface area contributed by atoms with Crippen molar-refractivity contribution >= 4 is 29.4 Å². The highest BCUT2D eigenvalue weighted by Crippen LogP contribution is 2.31. The van der Waals surface area contributed by atoms with E-state index in [4.69, 9.17) is 9.47 Å². The van der Waals surface area contributed by atoms with Crippen molar-refractivity contribution in [2.24, 2.45) is 4.99 Å². The van der Waals surface area contributed by atoms with Crippen LogP contribution in [-0.2, 0) is 14.3 Å². The van der Waals surface area contributed by atoms with Crippen molar-refractivity contribution in [1.82, 2.24) is 4.57 Å². The molecule has 162 valence electrons. The fourth-order valence-electron chi connectivity index (χ4n) is 3.59. The van der Waals surface area contributed by atoms with Gasteiger partial charge in [0.25, 0.3) is 5.56 Å². The smallest absolute Gasteiger partial charge is 0.338 e. The number of allylic oxidation sites excluding steroid dienone is 1. The number of aromatic nitrogens is 1. The average Bonchev–Trinajstić information content (AvgIpc) is 3.07. The van der Waals surface area contributed by atoms with E-state index < -0.39 is 18.0 Å². The van der Waals surface area contributed by atoms with Gasteiger partial charge in [-0.05, 0) is 36.3 Å². The fourth-order valence-corrected chi connectivity index (χ4v) is 4.64. The van der Waals surface area contributed by atoms with E-state index in [2.05, 4.69) is 4.99 Å². The molecule has 0 spiro atoms. The Bertz CT molecular complexity index is 1400. The second kappa shape index (κ2) is 8.76. The monoisotopic (exact) mass is 448 g/mol. The molecule has 8 heteroatoms. The molecule has 0 fully saturated rings. The summed E-state index contributed by atoms with van der Waals surface area (Å²) in [7, 11) is 1.30. The van der Waals surface area contributed by atoms with Crippen LogP contribution in [0.5, 0.6) is 5.75 Å². The molecule has 0 amide bonds. The molecule has 3 aromatic rings. The Kier molecular flexibility index (Phi) is 5.87. The van der Waals surface area contributed by atoms with Crippen LogP contribution in [0.25, 0.3) is 6.08 Å². The number of hydrogen-bond donors (Lipinski definition) is 0. The summed E-state index contributed by atoms with van der Waals surface area (Å²) in [5, 5.41) is 0. The predicted octanol–water partition coefficient (Wildman–Crippen LogP) is 2.33. The molecule has 32 heavy (non-hydrogen) atoms. The van der Waals surface area contributed by atoms with Crippen LogP contribution >= 0.6 is 11.3 Å². The number of nitrogens with zero attached hydrogens (tertiary/aromatic N) is 2. The van der Waals surface area contributed by atoms with Gasteiger partial charge in [0.15, 0.2) is 4.80 Å². The van der Waals surface area contributed by atoms with E-state index in [-0.39, 0.29) is 11.1 Å². The van der Waals surface area contributed by atoms with Crippen molar-refractivity contribution in [3.63, 3.8) is 0 Å². The molecule has 1 aliphatic heterocycles. The summed E-state index contributed by atoms with van der Waals surface area (Å²) in [5.74, 6) is -0.617. The van der Waals surface area contributed by atoms with Crippen molar-refractivity contribution in [2.75, 3.05) is 7.11 Å². The van der Waals surface area contributed by atoms with Crippen LogP contribution in [0.4, 0.5) is 0 Å². The third-order valence-electron chi connectivity index (χ3n) is 4.98. The van der Waals surface area contributed by atoms with Gasteiger partial charge in [-0.25, -0.2) is 9.79 Å². The molecule has 0 saturated carbocycles. The minimum atomic E-state index is -0.719. The molecule has 7 nitrogen and oxygen atoms in total. The van der Waals surface area contributed by atoms with E-state index in [1.54, 1.807) is 31.2 Å². The van der Waals surface area contributed by atoms with Gasteiger partial charge in [-0.2, -0.15) is 0 Å². The zero-order valence-electron chi connectivity index (χ0n) is 17.7. The Labute approximate surface area is 187 Å². The first-order valence-electron chi connectivity index (χ1n) is 9.83. The molecule has 0 saturated heterocycles. The maximum Gasteiger partial charge on any atom is 0.338 e. The summed E-state index contributed by atoms with van der Waals surface area (Å²) in [6, 6.07) is 15.5. The van der Waals surface area contributed by atoms with Crippen LogP contribution in [0.2, 0.25) is 0 Å². The van der Waals surface area contributed by atoms with Gasteiger partial charge in [-0.1, -0.05) is 53.8 Å². The second-order valence-corrected chi connectivity index (χ2v) is 8.16. The summed E-state index contributed by atoms with van der Waals surface area (Å²) >= 11 is 1.26. The van der Waals surface area contributed by atoms with Gasteiger partial charge >= 0.3 is 11.9 Å². The average molecular weight is 449 g/mol. The zero-order valence-corrected chi connectivity index (χ0v) is 18.5. The minimum Gasteiger partial charge on any atom is -0.466 e. The lowest BCUT2D eigenvalue weighted by Crippen LogP contribution is -2.39. The highest BCUT2D eigenvalue weighted by Gasteiger charge is 2.33. The van der Waals surface area contributed by atoms with E-state index in [1.165, 1.54) is 29.9 Å². The fraction of sp³-hybridized carbons (Fsp3) is 0.167. The maximum absolute atomic E-state index is 13.4. The molecule has 1 aromatic heterocycles. The first-order valence-corrected chi connectivity index (χ1v) is 10.6. The standard InChI is InChI=1S/C24H20N2O5S/c1-14-20(23(29)30-3)21(17-9-11-18(12-10-17)31-15(2)27)26-22(28)19(32-24(26)25-14)13-16-7-5-4-6-8-16/h4-13,21H,1-3H3/t21-/m0/s1. The van der Waals surface area contributed by atoms with E-state index in [9.17, 15) is 14.4 Å². The van der Waals surface area contributed by atoms with Crippen LogP contribution < -0.4 is 19.6 Å². The number of rotatable bonds is 4. The minimum absolute atomic E-state index is 0.249. The molecule has 0 radical (unpaired) electrons. The van der Waals surface area contributed by atoms with Crippen LogP contribution in [0.3, 0.4) is 0 Å². The third-order valence-corrected chi connectivity index (χ3v) is 5.96. The first kappa shape index (κ1) is 21.5. The topological polar surface area (TPSA) is 87.0 Å². The Hall–Kier alpha value is -3.78. The summed E-state index contributed by atoms with van der Waals surface area (Å²) in [4.78, 5) is 42.3. The molecule has 0 unspecified atom stereocenters. The number of benzene rings is 2. The molecular weight excluding hydrogens is 428 g/mol. The van der Waals surface area contributed by atoms with E-state index in [1.807, 2.05) is 36.4 Å². The van der Waals surface area contributed by atoms with Crippen molar-refractivity contribution in [1.29, 1.82) is 0 Å². The normalized spacial score (nSPS) is 15.7. The Morgan fingerprint density at radius 1 is 1.09 bits per heavy atom. The van der Waals surface area contributed by atoms with Crippen molar-refractivity contribution in [3.05, 3.63) is 96.7 Å². The van der Waals surface area contributed by atoms with Gasteiger partial charge in [-0.15, -0.1) is 0 Å². The predicted molar refractivity (Wildman–Crippen MR) is 120 cm³/mol. The number of carbonyl (C=O) groups excluding carboxylic acids is 2. The molecule has 0 N–H and O–H groups in total. The largest absolute Gasteiger partial charge is 0.466 e. The molecule has 0 aliphatic carbocycles. The lowest BCUT2D eigenvalue weighted by Gasteiger charge is -2.24. The Morgan fingerprint density at radius 3 is 2.41 bits per heavy atom. The number of carbonyl (C=O) groups is 2. The quantitative estimate of drug-likeness (QED) is 0.452. The Morgan fingerprint density at radius 2 is 1.78 bits per heavy atom. The summed E-state index contributed by atoms with van der Waals surface area (Å²) in [6.45, 7) is 3.04. The van der Waals surface area contributed by atoms with E-state index in [0.29, 0.717) is 26.3 Å². The second-order valence-electron chi connectivity index (χ2n) is 7.15. The Balaban J connectivity index is 1.91. The molecular formula is C24H20N2O5S. The zero-order chi connectivity index (χ0) is 22.8. The van der Waals surface area contributed by atoms with Gasteiger partial charge in [-0.3, -0.25) is 14.2 Å². The van der Waals surface area contributed by atoms with Gasteiger partial charge in [0, 0.05) is 6.92 Å². The van der Waals surface area contributed by atoms with Gasteiger partial charge in [0.05, 0.1) is 29.0 Å². The van der Waals surface area contributed by atoms with Crippen LogP contribution in [-0.4, -0.2) is 23.6 Å². The lowest BCUT2D eigenvalue weighted by atomic mass is 9.96. The molecule has 2 aromatic carbocycles. The van der Waals surface area contributed by atoms with Crippen LogP contribution in [0.1, 0.15) is 31.0 Å². The number of methoxy groups -OCH3 is 1. The number of hydrogen-bond acceptors (Lipinski definition) is 7. The number of esters is 2. The summed E-state index contributed by atoms with van der Waals surface area (Å²) in [6.07, 6.45) is 1.81. The molecule has 0 bridgehead atoms. The molecule has 2 heterocycles. The highest BCUT2D eigenvalue weighted by molar-refractivity contribution is 7.07. The van der Waals surface area contributed by atoms with E-state index >= 15 is 0 Å². The van der Waals surface area contributed by atoms with Gasteiger partial charge in [0.2, 0.25) is 0 Å². The van der Waals surface area contributed by atoms with Crippen molar-refractivity contribution < 1.29 is 19.1 Å². The highest BCUT2D eigenvalue weighted by atomic mass is 32.1. The number of ether oxygens (including phenoxy) is 2. The van der Waals surface area contributed by atoms with Crippen LogP contribution in [0, 0.1) is 0 Å². The third kappa shape index (κ3) is 4.04. The first-order chi connectivity index (χ1) is 15.4. The lowest BCUT2D eigenvalue weighted by molar-refractivity contribution is -0.136. The maximum atomic E-state index is 13.4. The van der Waals surface area contributed by atoms with Crippen LogP contribution in [0.15, 0.2) is 75.7 Å². The van der Waals surface area contributed by atoms with Gasteiger partial charge < -0.3 is 9.47 Å². The molecule has 4 rings (SSSR count). The van der Waals surface area contributed by atoms with Crippen molar-refractivity contribution in [2.45, 2.75) is 19.9 Å². The van der Waals surface area contributed by atoms with E-state index in [0.717, 1.165) is 5.56 Å². The van der Waals surface area contributed by atoms with Gasteiger partial charge in [0.1, 0.15) is 5.75 Å². The summed E-state index contributed by atoms with van der Waals surface area (Å²) < 4.78 is 12.1. The SMILES string of the molecule is COC(=O)C1=C(C)N=c2sc(=Cc3ccccc3)c(=O)n2[C@H]1c1ccc(OC(C)=O)cc1. The molecule has 1 aliphatic rings. The van der Waals surface area contributed by atoms with Crippen molar-refractivity contribution in [3.8, 4) is 5.75 Å². The molecule has 1 atom stereocenters. The summed E-state index contributed by atoms with van der Waals surface area (Å²) in [5.41, 5.74) is 2.08.